The van der Waals surface area contributed by atoms with Crippen LogP contribution in [0.3, 0.4) is 0 Å². The number of fused-ring (bicyclic) bond motifs is 1. The van der Waals surface area contributed by atoms with Crippen LogP contribution >= 0.6 is 11.8 Å². The van der Waals surface area contributed by atoms with Gasteiger partial charge in [0.25, 0.3) is 0 Å². The lowest BCUT2D eigenvalue weighted by atomic mass is 9.86. The van der Waals surface area contributed by atoms with Gasteiger partial charge in [0.2, 0.25) is 0 Å². The lowest BCUT2D eigenvalue weighted by molar-refractivity contribution is 0.458. The van der Waals surface area contributed by atoms with Gasteiger partial charge in [0, 0.05) is 16.3 Å². The summed E-state index contributed by atoms with van der Waals surface area (Å²) in [6.45, 7) is 2.88. The van der Waals surface area contributed by atoms with Crippen molar-refractivity contribution >= 4 is 11.8 Å². The summed E-state index contributed by atoms with van der Waals surface area (Å²) in [5, 5.41) is 0. The Balaban J connectivity index is 1.75. The molecule has 0 saturated heterocycles. The van der Waals surface area contributed by atoms with Gasteiger partial charge in [-0.15, -0.1) is 11.8 Å². The van der Waals surface area contributed by atoms with Crippen LogP contribution in [0.4, 0.5) is 0 Å². The molecule has 4 heteroatoms. The second-order valence-electron chi connectivity index (χ2n) is 5.60. The summed E-state index contributed by atoms with van der Waals surface area (Å²) in [6.07, 6.45) is 3.25. The molecule has 1 atom stereocenters. The molecule has 110 valence electrons. The molecular formula is C17H21N3S. The van der Waals surface area contributed by atoms with E-state index in [1.165, 1.54) is 16.2 Å². The fraction of sp³-hybridized carbons (Fsp3) is 0.412. The Bertz CT molecular complexity index is 613. The van der Waals surface area contributed by atoms with Gasteiger partial charge in [-0.3, -0.25) is 0 Å². The van der Waals surface area contributed by atoms with Crippen LogP contribution in [-0.4, -0.2) is 16.5 Å². The minimum absolute atomic E-state index is 0.601. The molecule has 0 aliphatic heterocycles. The number of aromatic nitrogens is 2. The Morgan fingerprint density at radius 1 is 1.24 bits per heavy atom. The van der Waals surface area contributed by atoms with Gasteiger partial charge >= 0.3 is 0 Å². The number of nitrogens with two attached hydrogens (primary N) is 1. The number of nitrogens with zero attached hydrogens (tertiary/aromatic N) is 2. The molecule has 1 aromatic carbocycles. The topological polar surface area (TPSA) is 51.8 Å². The number of hydrogen-bond donors (Lipinski definition) is 1. The molecular weight excluding hydrogens is 278 g/mol. The molecule has 3 nitrogen and oxygen atoms in total. The van der Waals surface area contributed by atoms with Crippen molar-refractivity contribution in [3.05, 3.63) is 53.1 Å². The van der Waals surface area contributed by atoms with Crippen molar-refractivity contribution in [3.63, 3.8) is 0 Å². The summed E-state index contributed by atoms with van der Waals surface area (Å²) in [7, 11) is 0. The first-order valence-electron chi connectivity index (χ1n) is 7.49. The highest BCUT2D eigenvalue weighted by molar-refractivity contribution is 7.98. The molecule has 0 saturated carbocycles. The zero-order valence-electron chi connectivity index (χ0n) is 12.4. The first-order valence-corrected chi connectivity index (χ1v) is 8.48. The molecule has 0 fully saturated rings. The van der Waals surface area contributed by atoms with Gasteiger partial charge in [-0.05, 0) is 56.3 Å². The average molecular weight is 299 g/mol. The summed E-state index contributed by atoms with van der Waals surface area (Å²) in [6, 6.07) is 10.4. The Kier molecular flexibility index (Phi) is 4.56. The normalized spacial score (nSPS) is 17.5. The molecule has 1 aliphatic carbocycles. The lowest BCUT2D eigenvalue weighted by Crippen LogP contribution is -2.24. The third kappa shape index (κ3) is 3.44. The van der Waals surface area contributed by atoms with Crippen LogP contribution < -0.4 is 5.73 Å². The summed E-state index contributed by atoms with van der Waals surface area (Å²) >= 11 is 1.79. The van der Waals surface area contributed by atoms with Gasteiger partial charge < -0.3 is 5.73 Å². The zero-order chi connectivity index (χ0) is 14.7. The first kappa shape index (κ1) is 14.5. The summed E-state index contributed by atoms with van der Waals surface area (Å²) < 4.78 is 0. The molecule has 3 rings (SSSR count). The molecule has 21 heavy (non-hydrogen) atoms. The van der Waals surface area contributed by atoms with Gasteiger partial charge in [0.05, 0.1) is 5.75 Å². The van der Waals surface area contributed by atoms with E-state index in [2.05, 4.69) is 31.2 Å². The number of hydrogen-bond acceptors (Lipinski definition) is 4. The van der Waals surface area contributed by atoms with E-state index in [0.29, 0.717) is 5.92 Å². The Hall–Kier alpha value is -1.39. The first-order chi connectivity index (χ1) is 10.3. The molecule has 1 heterocycles. The molecule has 0 amide bonds. The van der Waals surface area contributed by atoms with E-state index in [0.717, 1.165) is 43.1 Å². The maximum atomic E-state index is 5.81. The lowest BCUT2D eigenvalue weighted by Gasteiger charge is -2.24. The van der Waals surface area contributed by atoms with Crippen LogP contribution in [0, 0.1) is 12.8 Å². The Labute approximate surface area is 130 Å². The van der Waals surface area contributed by atoms with Gasteiger partial charge in [-0.25, -0.2) is 9.97 Å². The summed E-state index contributed by atoms with van der Waals surface area (Å²) in [5.41, 5.74) is 9.53. The Morgan fingerprint density at radius 3 is 2.81 bits per heavy atom. The quantitative estimate of drug-likeness (QED) is 0.881. The SMILES string of the molecule is Cc1nc(CSc2ccccc2)nc2c1CC(CN)CC2. The fourth-order valence-electron chi connectivity index (χ4n) is 2.85. The second kappa shape index (κ2) is 6.58. The summed E-state index contributed by atoms with van der Waals surface area (Å²) in [5.74, 6) is 2.38. The van der Waals surface area contributed by atoms with Gasteiger partial charge in [0.15, 0.2) is 0 Å². The van der Waals surface area contributed by atoms with Crippen molar-refractivity contribution in [2.45, 2.75) is 36.8 Å². The van der Waals surface area contributed by atoms with E-state index in [1.807, 2.05) is 6.07 Å². The van der Waals surface area contributed by atoms with Crippen molar-refractivity contribution < 1.29 is 0 Å². The molecule has 0 radical (unpaired) electrons. The number of thioether (sulfide) groups is 1. The largest absolute Gasteiger partial charge is 0.330 e. The van der Waals surface area contributed by atoms with Crippen molar-refractivity contribution in [2.75, 3.05) is 6.54 Å². The standard InChI is InChI=1S/C17H21N3S/c1-12-15-9-13(10-18)7-8-16(15)20-17(19-12)11-21-14-5-3-2-4-6-14/h2-6,13H,7-11,18H2,1H3. The number of benzene rings is 1. The van der Waals surface area contributed by atoms with E-state index in [4.69, 9.17) is 15.7 Å². The molecule has 1 aromatic heterocycles. The highest BCUT2D eigenvalue weighted by Crippen LogP contribution is 2.27. The van der Waals surface area contributed by atoms with E-state index in [9.17, 15) is 0 Å². The van der Waals surface area contributed by atoms with Crippen molar-refractivity contribution in [1.82, 2.24) is 9.97 Å². The summed E-state index contributed by atoms with van der Waals surface area (Å²) in [4.78, 5) is 10.7. The van der Waals surface area contributed by atoms with Crippen LogP contribution in [0.2, 0.25) is 0 Å². The van der Waals surface area contributed by atoms with Gasteiger partial charge in [-0.1, -0.05) is 18.2 Å². The maximum absolute atomic E-state index is 5.81. The van der Waals surface area contributed by atoms with Crippen molar-refractivity contribution in [1.29, 1.82) is 0 Å². The fourth-order valence-corrected chi connectivity index (χ4v) is 3.63. The molecule has 2 N–H and O–H groups in total. The highest BCUT2D eigenvalue weighted by atomic mass is 32.2. The zero-order valence-corrected chi connectivity index (χ0v) is 13.2. The third-order valence-electron chi connectivity index (χ3n) is 4.07. The molecule has 0 spiro atoms. The van der Waals surface area contributed by atoms with Crippen molar-refractivity contribution in [3.8, 4) is 0 Å². The third-order valence-corrected chi connectivity index (χ3v) is 5.08. The van der Waals surface area contributed by atoms with Crippen LogP contribution in [0.5, 0.6) is 0 Å². The van der Waals surface area contributed by atoms with Crippen LogP contribution in [0.25, 0.3) is 0 Å². The second-order valence-corrected chi connectivity index (χ2v) is 6.65. The van der Waals surface area contributed by atoms with Gasteiger partial charge in [0.1, 0.15) is 5.82 Å². The predicted molar refractivity (Wildman–Crippen MR) is 87.3 cm³/mol. The predicted octanol–water partition coefficient (Wildman–Crippen LogP) is 3.14. The van der Waals surface area contributed by atoms with Crippen LogP contribution in [0.15, 0.2) is 35.2 Å². The van der Waals surface area contributed by atoms with Crippen molar-refractivity contribution in [2.24, 2.45) is 11.7 Å². The highest BCUT2D eigenvalue weighted by Gasteiger charge is 2.21. The number of rotatable bonds is 4. The molecule has 2 aromatic rings. The minimum atomic E-state index is 0.601. The molecule has 0 bridgehead atoms. The molecule has 1 aliphatic rings. The minimum Gasteiger partial charge on any atom is -0.330 e. The average Bonchev–Trinajstić information content (AvgIpc) is 2.54. The van der Waals surface area contributed by atoms with Crippen LogP contribution in [-0.2, 0) is 18.6 Å². The smallest absolute Gasteiger partial charge is 0.139 e. The van der Waals surface area contributed by atoms with Crippen LogP contribution in [0.1, 0.15) is 29.2 Å². The van der Waals surface area contributed by atoms with E-state index >= 15 is 0 Å². The number of aryl methyl sites for hydroxylation is 2. The monoisotopic (exact) mass is 299 g/mol. The van der Waals surface area contributed by atoms with E-state index in [1.54, 1.807) is 11.8 Å². The van der Waals surface area contributed by atoms with E-state index < -0.39 is 0 Å². The van der Waals surface area contributed by atoms with Gasteiger partial charge in [-0.2, -0.15) is 0 Å². The van der Waals surface area contributed by atoms with E-state index in [-0.39, 0.29) is 0 Å². The maximum Gasteiger partial charge on any atom is 0.139 e. The molecule has 1 unspecified atom stereocenters. The Morgan fingerprint density at radius 2 is 2.05 bits per heavy atom.